The van der Waals surface area contributed by atoms with E-state index in [0.29, 0.717) is 0 Å². The van der Waals surface area contributed by atoms with Crippen LogP contribution in [0.5, 0.6) is 0 Å². The van der Waals surface area contributed by atoms with Crippen molar-refractivity contribution in [1.82, 2.24) is 4.57 Å². The number of hydrogen-bond acceptors (Lipinski definition) is 2. The first-order valence-corrected chi connectivity index (χ1v) is 21.5. The van der Waals surface area contributed by atoms with E-state index in [4.69, 9.17) is 4.42 Å². The van der Waals surface area contributed by atoms with Crippen LogP contribution in [0.1, 0.15) is 0 Å². The van der Waals surface area contributed by atoms with Gasteiger partial charge in [0, 0.05) is 33.1 Å². The van der Waals surface area contributed by atoms with E-state index in [1.54, 1.807) is 0 Å². The van der Waals surface area contributed by atoms with E-state index in [0.717, 1.165) is 66.9 Å². The van der Waals surface area contributed by atoms with Gasteiger partial charge in [-0.05, 0) is 99.6 Å². The third-order valence-corrected chi connectivity index (χ3v) is 12.4. The molecule has 12 rings (SSSR count). The summed E-state index contributed by atoms with van der Waals surface area (Å²) in [5.41, 5.74) is 17.8. The van der Waals surface area contributed by atoms with Crippen molar-refractivity contribution in [3.8, 4) is 50.2 Å². The molecule has 63 heavy (non-hydrogen) atoms. The quantitative estimate of drug-likeness (QED) is 0.153. The Hall–Kier alpha value is -8.40. The molecule has 3 heteroatoms. The Morgan fingerprint density at radius 3 is 1.56 bits per heavy atom. The van der Waals surface area contributed by atoms with E-state index in [9.17, 15) is 0 Å². The molecular formula is C60H40N2O. The Balaban J connectivity index is 1.03. The van der Waals surface area contributed by atoms with Gasteiger partial charge in [0.15, 0.2) is 0 Å². The fourth-order valence-electron chi connectivity index (χ4n) is 9.62. The van der Waals surface area contributed by atoms with Crippen molar-refractivity contribution in [2.45, 2.75) is 0 Å². The van der Waals surface area contributed by atoms with Crippen LogP contribution in [0.3, 0.4) is 0 Å². The van der Waals surface area contributed by atoms with Gasteiger partial charge in [-0.2, -0.15) is 0 Å². The van der Waals surface area contributed by atoms with Crippen LogP contribution in [-0.2, 0) is 0 Å². The van der Waals surface area contributed by atoms with Crippen LogP contribution in [0.2, 0.25) is 0 Å². The van der Waals surface area contributed by atoms with Gasteiger partial charge >= 0.3 is 0 Å². The van der Waals surface area contributed by atoms with Crippen molar-refractivity contribution >= 4 is 60.8 Å². The molecule has 12 aromatic rings. The van der Waals surface area contributed by atoms with Gasteiger partial charge in [-0.15, -0.1) is 0 Å². The summed E-state index contributed by atoms with van der Waals surface area (Å²) in [6.45, 7) is 0. The van der Waals surface area contributed by atoms with Gasteiger partial charge in [-0.1, -0.05) is 182 Å². The maximum absolute atomic E-state index is 6.51. The number of furan rings is 1. The number of aromatic nitrogens is 1. The zero-order valence-electron chi connectivity index (χ0n) is 34.4. The third-order valence-electron chi connectivity index (χ3n) is 12.4. The van der Waals surface area contributed by atoms with Gasteiger partial charge in [0.2, 0.25) is 0 Å². The number of nitrogens with zero attached hydrogens (tertiary/aromatic N) is 2. The van der Waals surface area contributed by atoms with Gasteiger partial charge in [0.1, 0.15) is 11.2 Å². The first-order chi connectivity index (χ1) is 31.3. The third kappa shape index (κ3) is 6.21. The minimum absolute atomic E-state index is 0.854. The minimum Gasteiger partial charge on any atom is -0.456 e. The maximum Gasteiger partial charge on any atom is 0.137 e. The summed E-state index contributed by atoms with van der Waals surface area (Å²) in [6.07, 6.45) is 0. The molecule has 0 aliphatic carbocycles. The number of para-hydroxylation sites is 4. The van der Waals surface area contributed by atoms with Gasteiger partial charge in [-0.3, -0.25) is 0 Å². The largest absolute Gasteiger partial charge is 0.456 e. The molecule has 0 aliphatic rings. The molecule has 0 spiro atoms. The van der Waals surface area contributed by atoms with Crippen molar-refractivity contribution in [2.24, 2.45) is 0 Å². The molecular weight excluding hydrogens is 765 g/mol. The van der Waals surface area contributed by atoms with E-state index in [1.165, 1.54) is 44.1 Å². The molecule has 0 bridgehead atoms. The van der Waals surface area contributed by atoms with Gasteiger partial charge in [0.25, 0.3) is 0 Å². The average molecular weight is 805 g/mol. The van der Waals surface area contributed by atoms with Crippen LogP contribution in [0.25, 0.3) is 93.9 Å². The van der Waals surface area contributed by atoms with E-state index in [1.807, 2.05) is 6.07 Å². The van der Waals surface area contributed by atoms with Crippen LogP contribution >= 0.6 is 0 Å². The number of hydrogen-bond donors (Lipinski definition) is 0. The fourth-order valence-corrected chi connectivity index (χ4v) is 9.62. The van der Waals surface area contributed by atoms with Crippen molar-refractivity contribution in [3.05, 3.63) is 243 Å². The molecule has 0 amide bonds. The molecule has 296 valence electrons. The topological polar surface area (TPSA) is 21.3 Å². The maximum atomic E-state index is 6.51. The summed E-state index contributed by atoms with van der Waals surface area (Å²) in [6, 6.07) is 87.1. The Kier molecular flexibility index (Phi) is 8.83. The van der Waals surface area contributed by atoms with Crippen LogP contribution in [0.15, 0.2) is 247 Å². The lowest BCUT2D eigenvalue weighted by molar-refractivity contribution is 0.669. The van der Waals surface area contributed by atoms with Gasteiger partial charge < -0.3 is 13.9 Å². The highest BCUT2D eigenvalue weighted by Crippen LogP contribution is 2.48. The summed E-state index contributed by atoms with van der Waals surface area (Å²) >= 11 is 0. The van der Waals surface area contributed by atoms with E-state index in [-0.39, 0.29) is 0 Å². The van der Waals surface area contributed by atoms with Crippen LogP contribution in [-0.4, -0.2) is 4.57 Å². The number of anilines is 3. The van der Waals surface area contributed by atoms with Crippen LogP contribution in [0, 0.1) is 0 Å². The minimum atomic E-state index is 0.854. The molecule has 0 unspecified atom stereocenters. The molecule has 3 nitrogen and oxygen atoms in total. The molecule has 0 fully saturated rings. The Morgan fingerprint density at radius 1 is 0.317 bits per heavy atom. The molecule has 2 aromatic heterocycles. The first kappa shape index (κ1) is 36.5. The van der Waals surface area contributed by atoms with Crippen molar-refractivity contribution in [2.75, 3.05) is 4.90 Å². The lowest BCUT2D eigenvalue weighted by atomic mass is 9.88. The SMILES string of the molecule is c1ccc(-c2ccccc2-c2ccccc2-c2ccccc2N(c2ccc(-c3cccc(-n4c5ccccc5c5ccccc54)c3)cc2)c2cccc3oc4ccccc4c23)cc1. The molecule has 0 atom stereocenters. The zero-order valence-corrected chi connectivity index (χ0v) is 34.4. The van der Waals surface area contributed by atoms with Crippen LogP contribution < -0.4 is 4.90 Å². The smallest absolute Gasteiger partial charge is 0.137 e. The molecule has 0 saturated carbocycles. The summed E-state index contributed by atoms with van der Waals surface area (Å²) in [4.78, 5) is 2.41. The van der Waals surface area contributed by atoms with Crippen molar-refractivity contribution in [1.29, 1.82) is 0 Å². The zero-order chi connectivity index (χ0) is 41.7. The lowest BCUT2D eigenvalue weighted by Gasteiger charge is -2.29. The normalized spacial score (nSPS) is 11.5. The Bertz CT molecular complexity index is 3580. The molecule has 0 N–H and O–H groups in total. The standard InChI is InChI=1S/C60H40N2O/c1-2-18-42(19-3-1)46-22-4-5-23-47(46)48-24-6-7-25-49(48)50-26-8-12-30-54(50)61(57-33-17-35-59-60(57)53-29-11-15-34-58(53)63-59)44-38-36-41(37-39-44)43-20-16-21-45(40-43)62-55-31-13-9-27-51(55)52-28-10-14-32-56(52)62/h1-40H. The lowest BCUT2D eigenvalue weighted by Crippen LogP contribution is -2.11. The predicted octanol–water partition coefficient (Wildman–Crippen LogP) is 16.8. The highest BCUT2D eigenvalue weighted by molar-refractivity contribution is 6.14. The number of rotatable bonds is 8. The molecule has 0 aliphatic heterocycles. The van der Waals surface area contributed by atoms with Gasteiger partial charge in [0.05, 0.1) is 27.8 Å². The second-order valence-electron chi connectivity index (χ2n) is 16.0. The van der Waals surface area contributed by atoms with Gasteiger partial charge in [-0.25, -0.2) is 0 Å². The Morgan fingerprint density at radius 2 is 0.825 bits per heavy atom. The second kappa shape index (κ2) is 15.3. The highest BCUT2D eigenvalue weighted by Gasteiger charge is 2.23. The predicted molar refractivity (Wildman–Crippen MR) is 264 cm³/mol. The van der Waals surface area contributed by atoms with E-state index < -0.39 is 0 Å². The molecule has 0 radical (unpaired) electrons. The van der Waals surface area contributed by atoms with Crippen LogP contribution in [0.4, 0.5) is 17.1 Å². The molecule has 0 saturated heterocycles. The highest BCUT2D eigenvalue weighted by atomic mass is 16.3. The summed E-state index contributed by atoms with van der Waals surface area (Å²) in [7, 11) is 0. The first-order valence-electron chi connectivity index (χ1n) is 21.5. The summed E-state index contributed by atoms with van der Waals surface area (Å²) < 4.78 is 8.89. The number of benzene rings is 10. The Labute approximate surface area is 366 Å². The number of fused-ring (bicyclic) bond motifs is 6. The summed E-state index contributed by atoms with van der Waals surface area (Å²) in [5.74, 6) is 0. The van der Waals surface area contributed by atoms with Crippen molar-refractivity contribution in [3.63, 3.8) is 0 Å². The van der Waals surface area contributed by atoms with Crippen molar-refractivity contribution < 1.29 is 4.42 Å². The second-order valence-corrected chi connectivity index (χ2v) is 16.0. The molecule has 2 heterocycles. The van der Waals surface area contributed by atoms with E-state index in [2.05, 4.69) is 246 Å². The fraction of sp³-hybridized carbons (Fsp3) is 0. The summed E-state index contributed by atoms with van der Waals surface area (Å²) in [5, 5.41) is 4.67. The monoisotopic (exact) mass is 804 g/mol. The van der Waals surface area contributed by atoms with E-state index >= 15 is 0 Å². The average Bonchev–Trinajstić information content (AvgIpc) is 3.91. The molecule has 10 aromatic carbocycles.